The van der Waals surface area contributed by atoms with Crippen LogP contribution >= 0.6 is 34.5 Å². The van der Waals surface area contributed by atoms with Gasteiger partial charge in [0.05, 0.1) is 20.7 Å². The van der Waals surface area contributed by atoms with Crippen molar-refractivity contribution in [1.29, 1.82) is 0 Å². The molecule has 0 unspecified atom stereocenters. The van der Waals surface area contributed by atoms with E-state index in [1.54, 1.807) is 11.6 Å². The molecule has 1 heterocycles. The highest BCUT2D eigenvalue weighted by molar-refractivity contribution is 7.16. The summed E-state index contributed by atoms with van der Waals surface area (Å²) in [5, 5.41) is 1.28. The normalized spacial score (nSPS) is 10.7. The molecule has 0 spiro atoms. The number of halogens is 2. The lowest BCUT2D eigenvalue weighted by Gasteiger charge is -1.92. The summed E-state index contributed by atoms with van der Waals surface area (Å²) in [7, 11) is 0. The van der Waals surface area contributed by atoms with Gasteiger partial charge in [-0.05, 0) is 12.1 Å². The zero-order chi connectivity index (χ0) is 7.84. The molecule has 0 aliphatic carbocycles. The van der Waals surface area contributed by atoms with Crippen LogP contribution in [0.4, 0.5) is 0 Å². The molecule has 56 valence electrons. The zero-order valence-corrected chi connectivity index (χ0v) is 7.67. The number of rotatable bonds is 0. The summed E-state index contributed by atoms with van der Waals surface area (Å²) in [6.45, 7) is 0. The Hall–Kier alpha value is -0.310. The van der Waals surface area contributed by atoms with Gasteiger partial charge in [-0.2, -0.15) is 0 Å². The summed E-state index contributed by atoms with van der Waals surface area (Å²) >= 11 is 13.2. The fourth-order valence-electron chi connectivity index (χ4n) is 0.893. The van der Waals surface area contributed by atoms with Crippen molar-refractivity contribution in [3.05, 3.63) is 27.7 Å². The number of thiazole rings is 1. The summed E-state index contributed by atoms with van der Waals surface area (Å²) in [5.41, 5.74) is 2.59. The van der Waals surface area contributed by atoms with Gasteiger partial charge in [-0.1, -0.05) is 23.2 Å². The van der Waals surface area contributed by atoms with Gasteiger partial charge < -0.3 is 0 Å². The van der Waals surface area contributed by atoms with Crippen LogP contribution in [0.15, 0.2) is 17.6 Å². The molecule has 11 heavy (non-hydrogen) atoms. The second-order valence-electron chi connectivity index (χ2n) is 2.09. The highest BCUT2D eigenvalue weighted by Gasteiger charge is 2.02. The van der Waals surface area contributed by atoms with Crippen molar-refractivity contribution in [3.8, 4) is 0 Å². The van der Waals surface area contributed by atoms with E-state index >= 15 is 0 Å². The third-order valence-corrected chi connectivity index (χ3v) is 2.64. The van der Waals surface area contributed by atoms with Crippen molar-refractivity contribution < 1.29 is 0 Å². The first-order valence-electron chi connectivity index (χ1n) is 2.95. The molecule has 1 aromatic carbocycles. The Morgan fingerprint density at radius 3 is 2.91 bits per heavy atom. The van der Waals surface area contributed by atoms with E-state index in [1.165, 1.54) is 11.3 Å². The summed E-state index contributed by atoms with van der Waals surface area (Å²) in [4.78, 5) is 4.09. The highest BCUT2D eigenvalue weighted by Crippen LogP contribution is 2.28. The quantitative estimate of drug-likeness (QED) is 0.638. The van der Waals surface area contributed by atoms with Crippen LogP contribution in [0.3, 0.4) is 0 Å². The van der Waals surface area contributed by atoms with E-state index in [1.807, 2.05) is 6.07 Å². The topological polar surface area (TPSA) is 12.9 Å². The van der Waals surface area contributed by atoms with Crippen LogP contribution in [-0.2, 0) is 0 Å². The van der Waals surface area contributed by atoms with Gasteiger partial charge in [-0.3, -0.25) is 0 Å². The molecule has 0 aliphatic heterocycles. The minimum absolute atomic E-state index is 0.619. The van der Waals surface area contributed by atoms with Gasteiger partial charge in [-0.25, -0.2) is 4.98 Å². The molecular formula is C7H3Cl2NS. The highest BCUT2D eigenvalue weighted by atomic mass is 35.5. The first kappa shape index (κ1) is 7.35. The Bertz CT molecular complexity index is 396. The van der Waals surface area contributed by atoms with Gasteiger partial charge in [0.15, 0.2) is 0 Å². The SMILES string of the molecule is Clc1cc(Cl)c2ncsc2c1. The van der Waals surface area contributed by atoms with E-state index in [9.17, 15) is 0 Å². The van der Waals surface area contributed by atoms with E-state index in [-0.39, 0.29) is 0 Å². The molecule has 1 aromatic heterocycles. The number of benzene rings is 1. The molecule has 1 nitrogen and oxygen atoms in total. The zero-order valence-electron chi connectivity index (χ0n) is 5.34. The Kier molecular flexibility index (Phi) is 1.75. The predicted octanol–water partition coefficient (Wildman–Crippen LogP) is 3.60. The molecule has 0 N–H and O–H groups in total. The fraction of sp³-hybridized carbons (Fsp3) is 0. The maximum atomic E-state index is 5.86. The number of fused-ring (bicyclic) bond motifs is 1. The van der Waals surface area contributed by atoms with Crippen molar-refractivity contribution in [2.45, 2.75) is 0 Å². The van der Waals surface area contributed by atoms with Crippen LogP contribution in [0.1, 0.15) is 0 Å². The molecular weight excluding hydrogens is 201 g/mol. The van der Waals surface area contributed by atoms with Gasteiger partial charge in [-0.15, -0.1) is 11.3 Å². The standard InChI is InChI=1S/C7H3Cl2NS/c8-4-1-5(9)7-6(2-4)11-3-10-7/h1-3H. The Morgan fingerprint density at radius 1 is 1.27 bits per heavy atom. The molecule has 0 atom stereocenters. The van der Waals surface area contributed by atoms with Gasteiger partial charge in [0, 0.05) is 5.02 Å². The lowest BCUT2D eigenvalue weighted by Crippen LogP contribution is -1.69. The fourth-order valence-corrected chi connectivity index (χ4v) is 2.30. The largest absolute Gasteiger partial charge is 0.243 e. The smallest absolute Gasteiger partial charge is 0.0999 e. The van der Waals surface area contributed by atoms with Crippen LogP contribution in [0.25, 0.3) is 10.2 Å². The third kappa shape index (κ3) is 1.22. The van der Waals surface area contributed by atoms with E-state index in [0.717, 1.165) is 10.2 Å². The molecule has 0 saturated carbocycles. The van der Waals surface area contributed by atoms with E-state index in [4.69, 9.17) is 23.2 Å². The minimum atomic E-state index is 0.619. The number of hydrogen-bond acceptors (Lipinski definition) is 2. The average molecular weight is 204 g/mol. The summed E-state index contributed by atoms with van der Waals surface area (Å²) < 4.78 is 1.03. The molecule has 0 amide bonds. The Labute approximate surface area is 77.6 Å². The number of hydrogen-bond donors (Lipinski definition) is 0. The maximum Gasteiger partial charge on any atom is 0.0999 e. The van der Waals surface area contributed by atoms with E-state index in [2.05, 4.69) is 4.98 Å². The lowest BCUT2D eigenvalue weighted by molar-refractivity contribution is 1.50. The third-order valence-electron chi connectivity index (χ3n) is 1.35. The maximum absolute atomic E-state index is 5.86. The Morgan fingerprint density at radius 2 is 2.09 bits per heavy atom. The van der Waals surface area contributed by atoms with Crippen molar-refractivity contribution in [1.82, 2.24) is 4.98 Å². The van der Waals surface area contributed by atoms with Crippen molar-refractivity contribution in [2.75, 3.05) is 0 Å². The molecule has 4 heteroatoms. The van der Waals surface area contributed by atoms with Crippen molar-refractivity contribution in [2.24, 2.45) is 0 Å². The molecule has 0 aliphatic rings. The van der Waals surface area contributed by atoms with Crippen LogP contribution in [-0.4, -0.2) is 4.98 Å². The Balaban J connectivity index is 2.91. The molecule has 2 aromatic rings. The van der Waals surface area contributed by atoms with Crippen LogP contribution < -0.4 is 0 Å². The monoisotopic (exact) mass is 203 g/mol. The summed E-state index contributed by atoms with van der Waals surface area (Å²) in [6, 6.07) is 3.56. The molecule has 2 rings (SSSR count). The molecule has 0 saturated heterocycles. The molecule has 0 bridgehead atoms. The van der Waals surface area contributed by atoms with Gasteiger partial charge in [0.2, 0.25) is 0 Å². The average Bonchev–Trinajstić information content (AvgIpc) is 2.34. The van der Waals surface area contributed by atoms with E-state index in [0.29, 0.717) is 10.0 Å². The first-order valence-corrected chi connectivity index (χ1v) is 4.59. The lowest BCUT2D eigenvalue weighted by atomic mass is 10.3. The predicted molar refractivity (Wildman–Crippen MR) is 49.6 cm³/mol. The number of aromatic nitrogens is 1. The summed E-state index contributed by atoms with van der Waals surface area (Å²) in [5.74, 6) is 0. The number of nitrogens with zero attached hydrogens (tertiary/aromatic N) is 1. The van der Waals surface area contributed by atoms with E-state index < -0.39 is 0 Å². The van der Waals surface area contributed by atoms with Gasteiger partial charge in [0.25, 0.3) is 0 Å². The second-order valence-corrected chi connectivity index (χ2v) is 3.82. The molecule has 0 fully saturated rings. The van der Waals surface area contributed by atoms with Crippen molar-refractivity contribution >= 4 is 44.8 Å². The second kappa shape index (κ2) is 2.63. The van der Waals surface area contributed by atoms with Gasteiger partial charge in [0.1, 0.15) is 0 Å². The van der Waals surface area contributed by atoms with Gasteiger partial charge >= 0.3 is 0 Å². The molecule has 0 radical (unpaired) electrons. The van der Waals surface area contributed by atoms with Crippen molar-refractivity contribution in [3.63, 3.8) is 0 Å². The first-order chi connectivity index (χ1) is 5.27. The van der Waals surface area contributed by atoms with Crippen LogP contribution in [0.5, 0.6) is 0 Å². The summed E-state index contributed by atoms with van der Waals surface area (Å²) in [6.07, 6.45) is 0. The van der Waals surface area contributed by atoms with Crippen LogP contribution in [0.2, 0.25) is 10.0 Å². The van der Waals surface area contributed by atoms with Crippen LogP contribution in [0, 0.1) is 0 Å². The minimum Gasteiger partial charge on any atom is -0.243 e.